The molecular formula is C11H13N3O2. The van der Waals surface area contributed by atoms with Crippen molar-refractivity contribution in [3.8, 4) is 11.8 Å². The highest BCUT2D eigenvalue weighted by atomic mass is 16.6. The van der Waals surface area contributed by atoms with Gasteiger partial charge in [-0.05, 0) is 13.1 Å². The van der Waals surface area contributed by atoms with Gasteiger partial charge in [0.2, 0.25) is 0 Å². The molecule has 0 aromatic heterocycles. The summed E-state index contributed by atoms with van der Waals surface area (Å²) in [6, 6.07) is 4.26. The maximum atomic E-state index is 10.5. The molecule has 0 radical (unpaired) electrons. The number of nitrogens with two attached hydrogens (primary N) is 1. The number of hydrogen-bond acceptors (Lipinski definition) is 4. The molecule has 0 amide bonds. The molecule has 1 aromatic rings. The summed E-state index contributed by atoms with van der Waals surface area (Å²) in [5, 5.41) is 13.5. The molecule has 0 saturated carbocycles. The van der Waals surface area contributed by atoms with Gasteiger partial charge >= 0.3 is 0 Å². The van der Waals surface area contributed by atoms with E-state index in [1.54, 1.807) is 0 Å². The topological polar surface area (TPSA) is 81.2 Å². The van der Waals surface area contributed by atoms with Crippen molar-refractivity contribution in [2.24, 2.45) is 0 Å². The Kier molecular flexibility index (Phi) is 4.30. The van der Waals surface area contributed by atoms with Gasteiger partial charge in [0.05, 0.1) is 10.5 Å². The van der Waals surface area contributed by atoms with Crippen molar-refractivity contribution >= 4 is 11.4 Å². The van der Waals surface area contributed by atoms with E-state index in [4.69, 9.17) is 5.73 Å². The van der Waals surface area contributed by atoms with Crippen molar-refractivity contribution in [2.75, 3.05) is 19.3 Å². The maximum Gasteiger partial charge on any atom is 0.270 e. The van der Waals surface area contributed by atoms with Gasteiger partial charge in [0.1, 0.15) is 0 Å². The van der Waals surface area contributed by atoms with Crippen LogP contribution in [0.3, 0.4) is 0 Å². The molecule has 0 aliphatic carbocycles. The number of benzene rings is 1. The molecule has 0 atom stereocenters. The van der Waals surface area contributed by atoms with Crippen molar-refractivity contribution < 1.29 is 4.92 Å². The van der Waals surface area contributed by atoms with Crippen LogP contribution >= 0.6 is 0 Å². The Hall–Kier alpha value is -2.06. The molecule has 16 heavy (non-hydrogen) atoms. The first kappa shape index (κ1) is 12.0. The van der Waals surface area contributed by atoms with Gasteiger partial charge in [-0.3, -0.25) is 10.1 Å². The fraction of sp³-hybridized carbons (Fsp3) is 0.273. The van der Waals surface area contributed by atoms with Crippen molar-refractivity contribution in [3.05, 3.63) is 33.9 Å². The van der Waals surface area contributed by atoms with Gasteiger partial charge < -0.3 is 11.1 Å². The molecule has 1 aromatic carbocycles. The number of nitro groups is 1. The lowest BCUT2D eigenvalue weighted by Gasteiger charge is -1.97. The quantitative estimate of drug-likeness (QED) is 0.262. The lowest BCUT2D eigenvalue weighted by atomic mass is 10.1. The lowest BCUT2D eigenvalue weighted by Crippen LogP contribution is -2.05. The minimum absolute atomic E-state index is 0.00659. The summed E-state index contributed by atoms with van der Waals surface area (Å²) in [5.41, 5.74) is 6.64. The summed E-state index contributed by atoms with van der Waals surface area (Å²) in [4.78, 5) is 10.1. The molecule has 0 heterocycles. The van der Waals surface area contributed by atoms with E-state index >= 15 is 0 Å². The molecule has 0 spiro atoms. The third-order valence-electron chi connectivity index (χ3n) is 1.97. The van der Waals surface area contributed by atoms with Crippen LogP contribution in [-0.2, 0) is 0 Å². The van der Waals surface area contributed by atoms with Crippen LogP contribution < -0.4 is 11.1 Å². The molecule has 5 nitrogen and oxygen atoms in total. The van der Waals surface area contributed by atoms with Gasteiger partial charge in [-0.1, -0.05) is 11.8 Å². The minimum atomic E-state index is -0.460. The van der Waals surface area contributed by atoms with Crippen LogP contribution in [0.5, 0.6) is 0 Å². The van der Waals surface area contributed by atoms with Crippen LogP contribution in [0.15, 0.2) is 18.2 Å². The summed E-state index contributed by atoms with van der Waals surface area (Å²) in [5.74, 6) is 5.72. The second-order valence-corrected chi connectivity index (χ2v) is 3.18. The molecule has 5 heteroatoms. The van der Waals surface area contributed by atoms with Gasteiger partial charge in [-0.2, -0.15) is 0 Å². The first-order valence-electron chi connectivity index (χ1n) is 4.82. The van der Waals surface area contributed by atoms with E-state index < -0.39 is 4.92 Å². The summed E-state index contributed by atoms with van der Waals surface area (Å²) < 4.78 is 0. The molecule has 0 saturated heterocycles. The van der Waals surface area contributed by atoms with Gasteiger partial charge in [-0.15, -0.1) is 0 Å². The first-order valence-corrected chi connectivity index (χ1v) is 4.82. The number of nitro benzene ring substituents is 1. The monoisotopic (exact) mass is 219 g/mol. The van der Waals surface area contributed by atoms with E-state index in [1.807, 2.05) is 7.05 Å². The molecule has 84 valence electrons. The largest absolute Gasteiger partial charge is 0.398 e. The van der Waals surface area contributed by atoms with Gasteiger partial charge in [0.15, 0.2) is 0 Å². The Balaban J connectivity index is 2.88. The predicted molar refractivity (Wildman–Crippen MR) is 62.9 cm³/mol. The fourth-order valence-corrected chi connectivity index (χ4v) is 1.11. The number of hydrogen-bond donors (Lipinski definition) is 2. The Bertz CT molecular complexity index is 446. The van der Waals surface area contributed by atoms with Crippen molar-refractivity contribution in [3.63, 3.8) is 0 Å². The number of nitrogen functional groups attached to an aromatic ring is 1. The summed E-state index contributed by atoms with van der Waals surface area (Å²) in [6.45, 7) is 0.780. The van der Waals surface area contributed by atoms with E-state index in [2.05, 4.69) is 17.2 Å². The summed E-state index contributed by atoms with van der Waals surface area (Å²) in [6.07, 6.45) is 0.679. The highest BCUT2D eigenvalue weighted by Gasteiger charge is 2.06. The van der Waals surface area contributed by atoms with E-state index in [0.29, 0.717) is 17.7 Å². The Morgan fingerprint density at radius 2 is 2.31 bits per heavy atom. The highest BCUT2D eigenvalue weighted by molar-refractivity contribution is 5.59. The average molecular weight is 219 g/mol. The highest BCUT2D eigenvalue weighted by Crippen LogP contribution is 2.18. The number of rotatable bonds is 3. The predicted octanol–water partition coefficient (Wildman–Crippen LogP) is 1.14. The Morgan fingerprint density at radius 3 is 2.94 bits per heavy atom. The zero-order valence-electron chi connectivity index (χ0n) is 8.99. The Labute approximate surface area is 93.8 Å². The van der Waals surface area contributed by atoms with E-state index in [0.717, 1.165) is 6.54 Å². The van der Waals surface area contributed by atoms with Gasteiger partial charge in [-0.25, -0.2) is 0 Å². The molecule has 0 aliphatic rings. The van der Waals surface area contributed by atoms with Gasteiger partial charge in [0, 0.05) is 30.8 Å². The molecule has 0 bridgehead atoms. The number of nitrogens with one attached hydrogen (secondary N) is 1. The average Bonchev–Trinajstić information content (AvgIpc) is 2.26. The van der Waals surface area contributed by atoms with Crippen molar-refractivity contribution in [1.29, 1.82) is 0 Å². The Morgan fingerprint density at radius 1 is 1.56 bits per heavy atom. The van der Waals surface area contributed by atoms with Crippen molar-refractivity contribution in [1.82, 2.24) is 5.32 Å². The van der Waals surface area contributed by atoms with Crippen LogP contribution in [0, 0.1) is 22.0 Å². The van der Waals surface area contributed by atoms with Crippen LogP contribution in [-0.4, -0.2) is 18.5 Å². The van der Waals surface area contributed by atoms with Crippen LogP contribution in [0.25, 0.3) is 0 Å². The molecule has 0 aliphatic heterocycles. The first-order chi connectivity index (χ1) is 7.65. The third-order valence-corrected chi connectivity index (χ3v) is 1.97. The molecule has 0 unspecified atom stereocenters. The van der Waals surface area contributed by atoms with E-state index in [1.165, 1.54) is 18.2 Å². The number of anilines is 1. The minimum Gasteiger partial charge on any atom is -0.398 e. The maximum absolute atomic E-state index is 10.5. The van der Waals surface area contributed by atoms with Crippen LogP contribution in [0.4, 0.5) is 11.4 Å². The lowest BCUT2D eigenvalue weighted by molar-refractivity contribution is -0.384. The molecular weight excluding hydrogens is 206 g/mol. The second-order valence-electron chi connectivity index (χ2n) is 3.18. The smallest absolute Gasteiger partial charge is 0.270 e. The van der Waals surface area contributed by atoms with Gasteiger partial charge in [0.25, 0.3) is 5.69 Å². The fourth-order valence-electron chi connectivity index (χ4n) is 1.11. The third kappa shape index (κ3) is 3.26. The number of non-ortho nitro benzene ring substituents is 1. The SMILES string of the molecule is CNCCC#Cc1cc([N+](=O)[O-])ccc1N. The van der Waals surface area contributed by atoms with Crippen LogP contribution in [0.2, 0.25) is 0 Å². The molecule has 1 rings (SSSR count). The number of nitrogens with zero attached hydrogens (tertiary/aromatic N) is 1. The van der Waals surface area contributed by atoms with E-state index in [-0.39, 0.29) is 5.69 Å². The van der Waals surface area contributed by atoms with Crippen molar-refractivity contribution in [2.45, 2.75) is 6.42 Å². The molecule has 3 N–H and O–H groups in total. The zero-order chi connectivity index (χ0) is 12.0. The summed E-state index contributed by atoms with van der Waals surface area (Å²) >= 11 is 0. The second kappa shape index (κ2) is 5.73. The standard InChI is InChI=1S/C11H13N3O2/c1-13-7-3-2-4-9-8-10(14(15)16)5-6-11(9)12/h5-6,8,13H,3,7,12H2,1H3. The summed E-state index contributed by atoms with van der Waals surface area (Å²) in [7, 11) is 1.84. The zero-order valence-corrected chi connectivity index (χ0v) is 8.99. The van der Waals surface area contributed by atoms with E-state index in [9.17, 15) is 10.1 Å². The normalized spacial score (nSPS) is 9.31. The molecule has 0 fully saturated rings. The van der Waals surface area contributed by atoms with Crippen LogP contribution in [0.1, 0.15) is 12.0 Å².